The van der Waals surface area contributed by atoms with Gasteiger partial charge in [-0.15, -0.1) is 0 Å². The zero-order chi connectivity index (χ0) is 18.7. The van der Waals surface area contributed by atoms with Gasteiger partial charge in [0.25, 0.3) is 0 Å². The molecule has 138 valence electrons. The van der Waals surface area contributed by atoms with E-state index in [0.29, 0.717) is 18.6 Å². The van der Waals surface area contributed by atoms with Crippen LogP contribution in [-0.4, -0.2) is 39.2 Å². The van der Waals surface area contributed by atoms with Crippen LogP contribution in [0.1, 0.15) is 38.7 Å². The molecule has 2 rings (SSSR count). The predicted molar refractivity (Wildman–Crippen MR) is 97.4 cm³/mol. The van der Waals surface area contributed by atoms with Gasteiger partial charge in [-0.2, -0.15) is 0 Å². The van der Waals surface area contributed by atoms with E-state index in [0.717, 1.165) is 12.0 Å². The van der Waals surface area contributed by atoms with Crippen LogP contribution >= 0.6 is 0 Å². The van der Waals surface area contributed by atoms with E-state index in [4.69, 9.17) is 4.74 Å². The summed E-state index contributed by atoms with van der Waals surface area (Å²) in [4.78, 5) is 25.1. The molecule has 1 aliphatic heterocycles. The van der Waals surface area contributed by atoms with Crippen LogP contribution in [0, 0.1) is 5.41 Å². The van der Waals surface area contributed by atoms with Crippen molar-refractivity contribution in [2.24, 2.45) is 5.41 Å². The van der Waals surface area contributed by atoms with Gasteiger partial charge in [0, 0.05) is 6.42 Å². The smallest absolute Gasteiger partial charge is 0.237 e. The highest BCUT2D eigenvalue weighted by Gasteiger charge is 2.56. The van der Waals surface area contributed by atoms with Crippen molar-refractivity contribution in [3.05, 3.63) is 29.8 Å². The molecule has 3 N–H and O–H groups in total. The average Bonchev–Trinajstić information content (AvgIpc) is 2.57. The number of benzene rings is 1. The van der Waals surface area contributed by atoms with Crippen LogP contribution < -0.4 is 20.7 Å². The van der Waals surface area contributed by atoms with Gasteiger partial charge < -0.3 is 15.4 Å². The number of amides is 2. The fourth-order valence-electron chi connectivity index (χ4n) is 3.94. The second kappa shape index (κ2) is 7.54. The molecule has 0 aromatic heterocycles. The van der Waals surface area contributed by atoms with Crippen molar-refractivity contribution >= 4 is 11.8 Å². The lowest BCUT2D eigenvalue weighted by molar-refractivity contribution is -0.145. The van der Waals surface area contributed by atoms with Gasteiger partial charge in [0.2, 0.25) is 11.8 Å². The minimum absolute atomic E-state index is 0.0868. The van der Waals surface area contributed by atoms with Crippen LogP contribution in [0.4, 0.5) is 0 Å². The summed E-state index contributed by atoms with van der Waals surface area (Å²) in [6.07, 6.45) is 1.75. The Bertz CT molecular complexity index is 641. The van der Waals surface area contributed by atoms with Crippen LogP contribution in [-0.2, 0) is 15.0 Å². The van der Waals surface area contributed by atoms with Crippen LogP contribution in [0.2, 0.25) is 0 Å². The minimum Gasteiger partial charge on any atom is -0.497 e. The molecule has 1 unspecified atom stereocenters. The quantitative estimate of drug-likeness (QED) is 0.515. The molecule has 1 atom stereocenters. The Morgan fingerprint density at radius 1 is 1.24 bits per heavy atom. The molecule has 1 aliphatic rings. The van der Waals surface area contributed by atoms with Gasteiger partial charge in [-0.05, 0) is 50.0 Å². The Labute approximate surface area is 149 Å². The van der Waals surface area contributed by atoms with Crippen LogP contribution in [0.15, 0.2) is 24.3 Å². The first kappa shape index (κ1) is 19.4. The summed E-state index contributed by atoms with van der Waals surface area (Å²) in [6.45, 7) is 3.99. The van der Waals surface area contributed by atoms with Crippen LogP contribution in [0.5, 0.6) is 5.75 Å². The summed E-state index contributed by atoms with van der Waals surface area (Å²) < 4.78 is 5.36. The Hall–Kier alpha value is -1.92. The van der Waals surface area contributed by atoms with E-state index in [1.54, 1.807) is 7.11 Å². The van der Waals surface area contributed by atoms with Gasteiger partial charge in [0.15, 0.2) is 0 Å². The first-order valence-electron chi connectivity index (χ1n) is 8.64. The third kappa shape index (κ3) is 3.55. The number of carbonyl (C=O) groups excluding carboxylic acids is 2. The number of methoxy groups -OCH3 is 1. The highest BCUT2D eigenvalue weighted by Crippen LogP contribution is 2.50. The molecule has 0 bridgehead atoms. The third-order valence-corrected chi connectivity index (χ3v) is 5.47. The molecule has 2 amide bonds. The number of hydrogen-bond acceptors (Lipinski definition) is 5. The van der Waals surface area contributed by atoms with Crippen molar-refractivity contribution in [2.75, 3.05) is 21.2 Å². The lowest BCUT2D eigenvalue weighted by Gasteiger charge is -2.49. The molecular formula is C19H29N3O3. The van der Waals surface area contributed by atoms with Crippen LogP contribution in [0.25, 0.3) is 0 Å². The second-order valence-corrected chi connectivity index (χ2v) is 7.24. The summed E-state index contributed by atoms with van der Waals surface area (Å²) in [5, 5.41) is 8.96. The zero-order valence-corrected chi connectivity index (χ0v) is 15.7. The maximum atomic E-state index is 13.1. The Morgan fingerprint density at radius 2 is 1.92 bits per heavy atom. The van der Waals surface area contributed by atoms with Gasteiger partial charge in [0.1, 0.15) is 5.75 Å². The Kier molecular flexibility index (Phi) is 5.85. The van der Waals surface area contributed by atoms with E-state index >= 15 is 0 Å². The number of piperidine rings is 1. The molecule has 6 heteroatoms. The topological polar surface area (TPSA) is 79.5 Å². The average molecular weight is 347 g/mol. The lowest BCUT2D eigenvalue weighted by atomic mass is 9.56. The zero-order valence-electron chi connectivity index (χ0n) is 15.7. The first-order valence-corrected chi connectivity index (χ1v) is 8.64. The van der Waals surface area contributed by atoms with Gasteiger partial charge in [-0.25, -0.2) is 0 Å². The van der Waals surface area contributed by atoms with Crippen molar-refractivity contribution in [3.8, 4) is 5.75 Å². The molecule has 1 aromatic carbocycles. The number of rotatable bonds is 7. The van der Waals surface area contributed by atoms with E-state index in [2.05, 4.69) is 16.0 Å². The molecule has 0 saturated carbocycles. The first-order chi connectivity index (χ1) is 11.8. The van der Waals surface area contributed by atoms with Gasteiger partial charge >= 0.3 is 0 Å². The number of imide groups is 1. The summed E-state index contributed by atoms with van der Waals surface area (Å²) in [6, 6.07) is 7.61. The fraction of sp³-hybridized carbons (Fsp3) is 0.579. The largest absolute Gasteiger partial charge is 0.497 e. The lowest BCUT2D eigenvalue weighted by Crippen LogP contribution is -2.61. The van der Waals surface area contributed by atoms with Crippen molar-refractivity contribution in [3.63, 3.8) is 0 Å². The number of nitrogens with one attached hydrogen (secondary N) is 3. The molecule has 1 heterocycles. The normalized spacial score (nSPS) is 22.8. The second-order valence-electron chi connectivity index (χ2n) is 7.24. The third-order valence-electron chi connectivity index (χ3n) is 5.47. The van der Waals surface area contributed by atoms with E-state index < -0.39 is 10.8 Å². The van der Waals surface area contributed by atoms with Crippen molar-refractivity contribution < 1.29 is 14.3 Å². The van der Waals surface area contributed by atoms with Crippen LogP contribution in [0.3, 0.4) is 0 Å². The van der Waals surface area contributed by atoms with Crippen molar-refractivity contribution in [2.45, 2.75) is 44.7 Å². The predicted octanol–water partition coefficient (Wildman–Crippen LogP) is 1.55. The van der Waals surface area contributed by atoms with Gasteiger partial charge in [-0.1, -0.05) is 26.0 Å². The standard InChI is InChI=1S/C19H29N3O3/c1-18(2)12-16(23)22-17(24)19(18,10-9-15(20-3)21-4)13-7-6-8-14(11-13)25-5/h6-8,11,15,20-21H,9-10,12H2,1-5H3,(H,22,23,24). The Balaban J connectivity index is 2.53. The molecule has 0 spiro atoms. The van der Waals surface area contributed by atoms with E-state index in [-0.39, 0.29) is 18.0 Å². The molecule has 1 aromatic rings. The summed E-state index contributed by atoms with van der Waals surface area (Å²) in [7, 11) is 5.38. The molecule has 25 heavy (non-hydrogen) atoms. The molecule has 6 nitrogen and oxygen atoms in total. The highest BCUT2D eigenvalue weighted by atomic mass is 16.5. The molecule has 1 fully saturated rings. The fourth-order valence-corrected chi connectivity index (χ4v) is 3.94. The molecular weight excluding hydrogens is 318 g/mol. The van der Waals surface area contributed by atoms with E-state index in [1.165, 1.54) is 0 Å². The van der Waals surface area contributed by atoms with Gasteiger partial charge in [-0.3, -0.25) is 14.9 Å². The number of carbonyl (C=O) groups is 2. The summed E-state index contributed by atoms with van der Waals surface area (Å²) in [5.74, 6) is 0.261. The minimum atomic E-state index is -0.804. The molecule has 1 saturated heterocycles. The summed E-state index contributed by atoms with van der Waals surface area (Å²) >= 11 is 0. The number of ether oxygens (including phenoxy) is 1. The molecule has 0 aliphatic carbocycles. The van der Waals surface area contributed by atoms with E-state index in [9.17, 15) is 9.59 Å². The monoisotopic (exact) mass is 347 g/mol. The van der Waals surface area contributed by atoms with Crippen molar-refractivity contribution in [1.82, 2.24) is 16.0 Å². The van der Waals surface area contributed by atoms with E-state index in [1.807, 2.05) is 52.2 Å². The SMILES string of the molecule is CNC(CCC1(c2cccc(OC)c2)C(=O)NC(=O)CC1(C)C)NC. The maximum Gasteiger partial charge on any atom is 0.237 e. The maximum absolute atomic E-state index is 13.1. The Morgan fingerprint density at radius 3 is 2.48 bits per heavy atom. The highest BCUT2D eigenvalue weighted by molar-refractivity contribution is 6.04. The number of hydrogen-bond donors (Lipinski definition) is 3. The molecule has 0 radical (unpaired) electrons. The van der Waals surface area contributed by atoms with Gasteiger partial charge in [0.05, 0.1) is 18.7 Å². The summed E-state index contributed by atoms with van der Waals surface area (Å²) in [5.41, 5.74) is -0.431. The van der Waals surface area contributed by atoms with Crippen molar-refractivity contribution in [1.29, 1.82) is 0 Å².